The van der Waals surface area contributed by atoms with Gasteiger partial charge in [-0.05, 0) is 74.9 Å². The van der Waals surface area contributed by atoms with Gasteiger partial charge in [-0.2, -0.15) is 0 Å². The number of aliphatic hydroxyl groups excluding tert-OH is 1. The molecule has 3 aromatic rings. The van der Waals surface area contributed by atoms with Crippen molar-refractivity contribution < 1.29 is 33.6 Å². The van der Waals surface area contributed by atoms with Gasteiger partial charge in [0.05, 0.1) is 38.5 Å². The minimum absolute atomic E-state index is 0.0828. The van der Waals surface area contributed by atoms with Gasteiger partial charge in [0.1, 0.15) is 34.3 Å². The molecule has 1 N–H and O–H groups in total. The number of carbonyl (C=O) groups is 2. The molecule has 0 aliphatic carbocycles. The van der Waals surface area contributed by atoms with E-state index < -0.39 is 23.5 Å². The van der Waals surface area contributed by atoms with Crippen LogP contribution in [0.3, 0.4) is 0 Å². The number of carbonyl (C=O) groups excluding carboxylic acids is 2. The third kappa shape index (κ3) is 5.02. The van der Waals surface area contributed by atoms with Gasteiger partial charge in [-0.15, -0.1) is 0 Å². The van der Waals surface area contributed by atoms with E-state index >= 15 is 0 Å². The summed E-state index contributed by atoms with van der Waals surface area (Å²) >= 11 is 0. The molecule has 198 valence electrons. The van der Waals surface area contributed by atoms with E-state index in [0.29, 0.717) is 40.9 Å². The van der Waals surface area contributed by atoms with Gasteiger partial charge in [0, 0.05) is 5.69 Å². The van der Waals surface area contributed by atoms with Crippen LogP contribution in [0.15, 0.2) is 72.3 Å². The second-order valence-electron chi connectivity index (χ2n) is 8.87. The van der Waals surface area contributed by atoms with Crippen LogP contribution in [0.2, 0.25) is 0 Å². The minimum Gasteiger partial charge on any atom is -0.506 e. The van der Waals surface area contributed by atoms with E-state index in [2.05, 4.69) is 0 Å². The standard InChI is InChI=1S/C30H31NO7/c1-6-37-21-15-13-20(14-16-21)31-27(19-9-7-10-22(17-19)38-18(2)3)26(29(33)30(31)34)28(32)25-23(35-4)11-8-12-24(25)36-5/h7-18,27,32H,6H2,1-5H3/b28-26+. The van der Waals surface area contributed by atoms with Gasteiger partial charge in [0.2, 0.25) is 0 Å². The Kier molecular flexibility index (Phi) is 7.90. The maximum absolute atomic E-state index is 13.6. The number of Topliss-reactive ketones (excluding diaryl/α,β-unsaturated/α-hetero) is 1. The molecule has 1 heterocycles. The summed E-state index contributed by atoms with van der Waals surface area (Å²) in [4.78, 5) is 28.5. The third-order valence-corrected chi connectivity index (χ3v) is 6.08. The normalized spacial score (nSPS) is 16.6. The number of hydrogen-bond acceptors (Lipinski definition) is 7. The minimum atomic E-state index is -0.946. The number of aliphatic hydroxyl groups is 1. The number of ether oxygens (including phenoxy) is 4. The summed E-state index contributed by atoms with van der Waals surface area (Å²) in [6.07, 6.45) is -0.0828. The Morgan fingerprint density at radius 3 is 2.13 bits per heavy atom. The topological polar surface area (TPSA) is 94.5 Å². The molecular formula is C30H31NO7. The highest BCUT2D eigenvalue weighted by molar-refractivity contribution is 6.51. The Morgan fingerprint density at radius 2 is 1.55 bits per heavy atom. The van der Waals surface area contributed by atoms with E-state index in [0.717, 1.165) is 0 Å². The van der Waals surface area contributed by atoms with Crippen molar-refractivity contribution in [3.8, 4) is 23.0 Å². The van der Waals surface area contributed by atoms with E-state index in [1.807, 2.05) is 20.8 Å². The van der Waals surface area contributed by atoms with Gasteiger partial charge in [0.25, 0.3) is 11.7 Å². The van der Waals surface area contributed by atoms with Crippen LogP contribution in [0.4, 0.5) is 5.69 Å². The average molecular weight is 518 g/mol. The first-order valence-corrected chi connectivity index (χ1v) is 12.3. The van der Waals surface area contributed by atoms with Crippen molar-refractivity contribution in [1.29, 1.82) is 0 Å². The predicted molar refractivity (Wildman–Crippen MR) is 144 cm³/mol. The number of amides is 1. The molecule has 0 saturated carbocycles. The Labute approximate surface area is 222 Å². The zero-order chi connectivity index (χ0) is 27.4. The number of anilines is 1. The molecule has 0 spiro atoms. The number of benzene rings is 3. The van der Waals surface area contributed by atoms with Crippen LogP contribution in [0.1, 0.15) is 37.9 Å². The van der Waals surface area contributed by atoms with Crippen LogP contribution >= 0.6 is 0 Å². The van der Waals surface area contributed by atoms with Crippen molar-refractivity contribution in [3.63, 3.8) is 0 Å². The number of hydrogen-bond donors (Lipinski definition) is 1. The fourth-order valence-electron chi connectivity index (χ4n) is 4.53. The first-order chi connectivity index (χ1) is 18.3. The van der Waals surface area contributed by atoms with Crippen molar-refractivity contribution in [2.45, 2.75) is 32.9 Å². The van der Waals surface area contributed by atoms with E-state index in [1.165, 1.54) is 19.1 Å². The second kappa shape index (κ2) is 11.3. The SMILES string of the molecule is CCOc1ccc(N2C(=O)C(=O)/C(=C(/O)c3c(OC)cccc3OC)C2c2cccc(OC(C)C)c2)cc1. The molecule has 0 bridgehead atoms. The average Bonchev–Trinajstić information content (AvgIpc) is 3.18. The summed E-state index contributed by atoms with van der Waals surface area (Å²) in [5.74, 6) is -0.199. The van der Waals surface area contributed by atoms with Crippen LogP contribution in [0, 0.1) is 0 Å². The second-order valence-corrected chi connectivity index (χ2v) is 8.87. The molecule has 1 amide bonds. The zero-order valence-electron chi connectivity index (χ0n) is 22.1. The lowest BCUT2D eigenvalue weighted by molar-refractivity contribution is -0.132. The molecular weight excluding hydrogens is 486 g/mol. The number of ketones is 1. The Bertz CT molecular complexity index is 1340. The lowest BCUT2D eigenvalue weighted by Crippen LogP contribution is -2.29. The maximum Gasteiger partial charge on any atom is 0.300 e. The van der Waals surface area contributed by atoms with E-state index in [9.17, 15) is 14.7 Å². The summed E-state index contributed by atoms with van der Waals surface area (Å²) in [5, 5.41) is 11.6. The summed E-state index contributed by atoms with van der Waals surface area (Å²) in [7, 11) is 2.91. The van der Waals surface area contributed by atoms with Crippen LogP contribution in [-0.4, -0.2) is 43.7 Å². The van der Waals surface area contributed by atoms with E-state index in [4.69, 9.17) is 18.9 Å². The first-order valence-electron chi connectivity index (χ1n) is 12.3. The molecule has 4 rings (SSSR count). The number of methoxy groups -OCH3 is 2. The van der Waals surface area contributed by atoms with Crippen molar-refractivity contribution >= 4 is 23.1 Å². The molecule has 8 heteroatoms. The Hall–Kier alpha value is -4.46. The van der Waals surface area contributed by atoms with Gasteiger partial charge >= 0.3 is 0 Å². The molecule has 8 nitrogen and oxygen atoms in total. The first kappa shape index (κ1) is 26.6. The molecule has 1 saturated heterocycles. The fourth-order valence-corrected chi connectivity index (χ4v) is 4.53. The highest BCUT2D eigenvalue weighted by Gasteiger charge is 2.47. The van der Waals surface area contributed by atoms with Crippen molar-refractivity contribution in [3.05, 3.63) is 83.4 Å². The van der Waals surface area contributed by atoms with Gasteiger partial charge < -0.3 is 24.1 Å². The van der Waals surface area contributed by atoms with Crippen molar-refractivity contribution in [1.82, 2.24) is 0 Å². The van der Waals surface area contributed by atoms with Crippen LogP contribution in [0.5, 0.6) is 23.0 Å². The fraction of sp³-hybridized carbons (Fsp3) is 0.267. The van der Waals surface area contributed by atoms with Crippen molar-refractivity contribution in [2.75, 3.05) is 25.7 Å². The summed E-state index contributed by atoms with van der Waals surface area (Å²) < 4.78 is 22.3. The highest BCUT2D eigenvalue weighted by Crippen LogP contribution is 2.45. The lowest BCUT2D eigenvalue weighted by atomic mass is 9.94. The van der Waals surface area contributed by atoms with Crippen LogP contribution in [-0.2, 0) is 9.59 Å². The molecule has 0 aromatic heterocycles. The summed E-state index contributed by atoms with van der Waals surface area (Å²) in [6, 6.07) is 18.1. The molecule has 1 atom stereocenters. The molecule has 1 aliphatic rings. The molecule has 1 aliphatic heterocycles. The monoisotopic (exact) mass is 517 g/mol. The molecule has 1 fully saturated rings. The number of nitrogens with zero attached hydrogens (tertiary/aromatic N) is 1. The molecule has 38 heavy (non-hydrogen) atoms. The van der Waals surface area contributed by atoms with Crippen LogP contribution < -0.4 is 23.8 Å². The summed E-state index contributed by atoms with van der Waals surface area (Å²) in [5.41, 5.74) is 1.16. The van der Waals surface area contributed by atoms with E-state index in [-0.39, 0.29) is 17.2 Å². The smallest absolute Gasteiger partial charge is 0.300 e. The predicted octanol–water partition coefficient (Wildman–Crippen LogP) is 5.52. The van der Waals surface area contributed by atoms with Gasteiger partial charge in [-0.1, -0.05) is 18.2 Å². The molecule has 3 aromatic carbocycles. The largest absolute Gasteiger partial charge is 0.506 e. The Morgan fingerprint density at radius 1 is 0.921 bits per heavy atom. The zero-order valence-corrected chi connectivity index (χ0v) is 22.1. The molecule has 0 radical (unpaired) electrons. The molecule has 1 unspecified atom stereocenters. The lowest BCUT2D eigenvalue weighted by Gasteiger charge is -2.26. The van der Waals surface area contributed by atoms with Crippen molar-refractivity contribution in [2.24, 2.45) is 0 Å². The van der Waals surface area contributed by atoms with Gasteiger partial charge in [-0.3, -0.25) is 14.5 Å². The Balaban J connectivity index is 1.96. The maximum atomic E-state index is 13.6. The quantitative estimate of drug-likeness (QED) is 0.227. The highest BCUT2D eigenvalue weighted by atomic mass is 16.5. The van der Waals surface area contributed by atoms with Crippen LogP contribution in [0.25, 0.3) is 5.76 Å². The number of rotatable bonds is 9. The van der Waals surface area contributed by atoms with Gasteiger partial charge in [-0.25, -0.2) is 0 Å². The third-order valence-electron chi connectivity index (χ3n) is 6.08. The summed E-state index contributed by atoms with van der Waals surface area (Å²) in [6.45, 7) is 6.19. The van der Waals surface area contributed by atoms with Gasteiger partial charge in [0.15, 0.2) is 0 Å². The van der Waals surface area contributed by atoms with E-state index in [1.54, 1.807) is 66.7 Å².